The normalized spacial score (nSPS) is 12.7. The van der Waals surface area contributed by atoms with Crippen molar-refractivity contribution in [1.29, 1.82) is 0 Å². The Hall–Kier alpha value is -1.67. The van der Waals surface area contributed by atoms with Crippen LogP contribution in [-0.2, 0) is 12.7 Å². The molecule has 114 valence electrons. The first kappa shape index (κ1) is 15.7. The van der Waals surface area contributed by atoms with Crippen molar-refractivity contribution in [2.24, 2.45) is 0 Å². The number of halogens is 4. The summed E-state index contributed by atoms with van der Waals surface area (Å²) in [6.07, 6.45) is -1.36. The summed E-state index contributed by atoms with van der Waals surface area (Å²) in [5.74, 6) is 0. The van der Waals surface area contributed by atoms with Gasteiger partial charge in [-0.3, -0.25) is 4.68 Å². The SMILES string of the molecule is CC(C)(O)Cn1cc(-c2nc(Cl)ncc2C(F)(F)F)cn1. The molecule has 21 heavy (non-hydrogen) atoms. The van der Waals surface area contributed by atoms with Crippen LogP contribution in [0.15, 0.2) is 18.6 Å². The van der Waals surface area contributed by atoms with Crippen molar-refractivity contribution in [3.8, 4) is 11.3 Å². The molecule has 0 amide bonds. The Labute approximate surface area is 123 Å². The van der Waals surface area contributed by atoms with Crippen LogP contribution in [0.5, 0.6) is 0 Å². The smallest absolute Gasteiger partial charge is 0.389 e. The topological polar surface area (TPSA) is 63.8 Å². The fourth-order valence-corrected chi connectivity index (χ4v) is 1.89. The van der Waals surface area contributed by atoms with E-state index < -0.39 is 17.3 Å². The lowest BCUT2D eigenvalue weighted by Gasteiger charge is -2.16. The number of hydrogen-bond donors (Lipinski definition) is 1. The highest BCUT2D eigenvalue weighted by Crippen LogP contribution is 2.35. The van der Waals surface area contributed by atoms with Crippen LogP contribution in [0, 0.1) is 0 Å². The third kappa shape index (κ3) is 3.92. The molecular formula is C12H12ClF3N4O. The molecule has 9 heteroatoms. The number of aliphatic hydroxyl groups is 1. The van der Waals surface area contributed by atoms with Crippen molar-refractivity contribution in [3.63, 3.8) is 0 Å². The van der Waals surface area contributed by atoms with Gasteiger partial charge in [0, 0.05) is 18.0 Å². The molecule has 0 aliphatic rings. The summed E-state index contributed by atoms with van der Waals surface area (Å²) in [7, 11) is 0. The van der Waals surface area contributed by atoms with Gasteiger partial charge < -0.3 is 5.11 Å². The second-order valence-electron chi connectivity index (χ2n) is 5.14. The minimum Gasteiger partial charge on any atom is -0.389 e. The molecule has 1 N–H and O–H groups in total. The van der Waals surface area contributed by atoms with Crippen LogP contribution in [0.4, 0.5) is 13.2 Å². The maximum absolute atomic E-state index is 13.0. The molecule has 2 rings (SSSR count). The van der Waals surface area contributed by atoms with E-state index in [9.17, 15) is 18.3 Å². The highest BCUT2D eigenvalue weighted by Gasteiger charge is 2.35. The van der Waals surface area contributed by atoms with Crippen LogP contribution >= 0.6 is 11.6 Å². The largest absolute Gasteiger partial charge is 0.419 e. The van der Waals surface area contributed by atoms with Gasteiger partial charge in [-0.05, 0) is 25.4 Å². The van der Waals surface area contributed by atoms with Gasteiger partial charge in [0.15, 0.2) is 0 Å². The van der Waals surface area contributed by atoms with E-state index in [1.165, 1.54) is 17.1 Å². The Bertz CT molecular complexity index is 649. The third-order valence-electron chi connectivity index (χ3n) is 2.52. The summed E-state index contributed by atoms with van der Waals surface area (Å²) >= 11 is 5.57. The summed E-state index contributed by atoms with van der Waals surface area (Å²) in [6, 6.07) is 0. The zero-order chi connectivity index (χ0) is 15.8. The van der Waals surface area contributed by atoms with Crippen LogP contribution in [0.1, 0.15) is 19.4 Å². The molecule has 5 nitrogen and oxygen atoms in total. The number of alkyl halides is 3. The van der Waals surface area contributed by atoms with Crippen molar-refractivity contribution >= 4 is 11.6 Å². The third-order valence-corrected chi connectivity index (χ3v) is 2.70. The van der Waals surface area contributed by atoms with E-state index >= 15 is 0 Å². The summed E-state index contributed by atoms with van der Waals surface area (Å²) in [6.45, 7) is 3.27. The molecule has 2 heterocycles. The second-order valence-corrected chi connectivity index (χ2v) is 5.48. The number of nitrogens with zero attached hydrogens (tertiary/aromatic N) is 4. The summed E-state index contributed by atoms with van der Waals surface area (Å²) in [4.78, 5) is 7.00. The molecule has 0 aliphatic heterocycles. The van der Waals surface area contributed by atoms with E-state index in [1.807, 2.05) is 0 Å². The van der Waals surface area contributed by atoms with Crippen molar-refractivity contribution in [1.82, 2.24) is 19.7 Å². The molecule has 0 fully saturated rings. The Morgan fingerprint density at radius 1 is 1.29 bits per heavy atom. The zero-order valence-electron chi connectivity index (χ0n) is 11.2. The van der Waals surface area contributed by atoms with Crippen LogP contribution < -0.4 is 0 Å². The van der Waals surface area contributed by atoms with Gasteiger partial charge in [-0.25, -0.2) is 9.97 Å². The molecule has 0 bridgehead atoms. The van der Waals surface area contributed by atoms with Gasteiger partial charge in [-0.2, -0.15) is 18.3 Å². The Morgan fingerprint density at radius 3 is 2.52 bits per heavy atom. The van der Waals surface area contributed by atoms with Crippen molar-refractivity contribution < 1.29 is 18.3 Å². The molecule has 2 aromatic heterocycles. The highest BCUT2D eigenvalue weighted by molar-refractivity contribution is 6.28. The van der Waals surface area contributed by atoms with E-state index in [0.717, 1.165) is 0 Å². The van der Waals surface area contributed by atoms with Crippen molar-refractivity contribution in [3.05, 3.63) is 29.4 Å². The highest BCUT2D eigenvalue weighted by atomic mass is 35.5. The lowest BCUT2D eigenvalue weighted by molar-refractivity contribution is -0.137. The second kappa shape index (κ2) is 5.27. The maximum atomic E-state index is 13.0. The molecule has 0 radical (unpaired) electrons. The first-order valence-corrected chi connectivity index (χ1v) is 6.29. The van der Waals surface area contributed by atoms with Gasteiger partial charge in [0.25, 0.3) is 0 Å². The van der Waals surface area contributed by atoms with E-state index in [4.69, 9.17) is 11.6 Å². The lowest BCUT2D eigenvalue weighted by atomic mass is 10.1. The van der Waals surface area contributed by atoms with E-state index in [-0.39, 0.29) is 23.1 Å². The number of aromatic nitrogens is 4. The van der Waals surface area contributed by atoms with Gasteiger partial charge in [0.1, 0.15) is 5.56 Å². The quantitative estimate of drug-likeness (QED) is 0.883. The number of rotatable bonds is 3. The molecule has 0 atom stereocenters. The summed E-state index contributed by atoms with van der Waals surface area (Å²) in [5.41, 5.74) is -2.23. The lowest BCUT2D eigenvalue weighted by Crippen LogP contribution is -2.26. The van der Waals surface area contributed by atoms with Gasteiger partial charge in [-0.15, -0.1) is 0 Å². The van der Waals surface area contributed by atoms with Crippen molar-refractivity contribution in [2.75, 3.05) is 0 Å². The fraction of sp³-hybridized carbons (Fsp3) is 0.417. The predicted octanol–water partition coefficient (Wildman–Crippen LogP) is 2.78. The molecule has 0 saturated heterocycles. The van der Waals surface area contributed by atoms with Gasteiger partial charge >= 0.3 is 6.18 Å². The van der Waals surface area contributed by atoms with Crippen LogP contribution in [0.3, 0.4) is 0 Å². The molecule has 2 aromatic rings. The average molecular weight is 321 g/mol. The fourth-order valence-electron chi connectivity index (χ4n) is 1.76. The molecule has 0 aliphatic carbocycles. The molecule has 0 spiro atoms. The zero-order valence-corrected chi connectivity index (χ0v) is 11.9. The maximum Gasteiger partial charge on any atom is 0.419 e. The molecule has 0 saturated carbocycles. The van der Waals surface area contributed by atoms with E-state index in [2.05, 4.69) is 15.1 Å². The van der Waals surface area contributed by atoms with Gasteiger partial charge in [-0.1, -0.05) is 0 Å². The minimum absolute atomic E-state index is 0.132. The number of hydrogen-bond acceptors (Lipinski definition) is 4. The summed E-state index contributed by atoms with van der Waals surface area (Å²) < 4.78 is 40.2. The van der Waals surface area contributed by atoms with E-state index in [0.29, 0.717) is 6.20 Å². The van der Waals surface area contributed by atoms with Crippen molar-refractivity contribution in [2.45, 2.75) is 32.2 Å². The van der Waals surface area contributed by atoms with Crippen LogP contribution in [0.25, 0.3) is 11.3 Å². The molecular weight excluding hydrogens is 309 g/mol. The molecule has 0 aromatic carbocycles. The predicted molar refractivity (Wildman–Crippen MR) is 69.6 cm³/mol. The summed E-state index contributed by atoms with van der Waals surface area (Å²) in [5, 5.41) is 13.3. The first-order valence-electron chi connectivity index (χ1n) is 5.91. The average Bonchev–Trinajstić information content (AvgIpc) is 2.73. The van der Waals surface area contributed by atoms with Crippen LogP contribution in [0.2, 0.25) is 5.28 Å². The van der Waals surface area contributed by atoms with E-state index in [1.54, 1.807) is 13.8 Å². The Kier molecular flexibility index (Phi) is 3.94. The van der Waals surface area contributed by atoms with Gasteiger partial charge in [0.2, 0.25) is 5.28 Å². The first-order chi connectivity index (χ1) is 9.56. The van der Waals surface area contributed by atoms with Gasteiger partial charge in [0.05, 0.1) is 24.0 Å². The minimum atomic E-state index is -4.60. The molecule has 0 unspecified atom stereocenters. The monoisotopic (exact) mass is 320 g/mol. The standard InChI is InChI=1S/C12H12ClF3N4O/c1-11(2,21)6-20-5-7(3-18-20)9-8(12(14,15)16)4-17-10(13)19-9/h3-5,21H,6H2,1-2H3. The van der Waals surface area contributed by atoms with Crippen LogP contribution in [-0.4, -0.2) is 30.5 Å². The Morgan fingerprint density at radius 2 is 1.95 bits per heavy atom. The Balaban J connectivity index is 2.45.